The van der Waals surface area contributed by atoms with Crippen LogP contribution in [0.4, 0.5) is 5.95 Å². The van der Waals surface area contributed by atoms with Crippen LogP contribution in [0.15, 0.2) is 0 Å². The molecule has 0 spiro atoms. The summed E-state index contributed by atoms with van der Waals surface area (Å²) in [6.07, 6.45) is 22.3. The minimum absolute atomic E-state index is 0. The number of hydrogen-bond acceptors (Lipinski definition) is 4. The van der Waals surface area contributed by atoms with Gasteiger partial charge in [0, 0.05) is 6.54 Å². The van der Waals surface area contributed by atoms with Crippen LogP contribution in [0.2, 0.25) is 0 Å². The van der Waals surface area contributed by atoms with Gasteiger partial charge < -0.3 is 16.7 Å². The Labute approximate surface area is 226 Å². The molecular formula is C21H41KN4S2. The molecule has 1 heterocycles. The summed E-state index contributed by atoms with van der Waals surface area (Å²) in [4.78, 5) is 9.94. The maximum absolute atomic E-state index is 5.05. The van der Waals surface area contributed by atoms with Crippen molar-refractivity contribution >= 4 is 30.4 Å². The molecule has 0 aliphatic rings. The standard InChI is InChI=1S/C21H40N4S2.K.H/c1-2-3-4-5-6-7-8-9-10-11-12-13-14-15-16-17-18-22-19-23-20(26)25-21(27)24-19;;/h2-18H2,1H3,(H3,22,23,24,25,26,27);;/q;+1;-1. The van der Waals surface area contributed by atoms with Crippen LogP contribution in [0.3, 0.4) is 0 Å². The summed E-state index contributed by atoms with van der Waals surface area (Å²) in [7, 11) is 0. The van der Waals surface area contributed by atoms with Crippen molar-refractivity contribution < 1.29 is 52.8 Å². The van der Waals surface area contributed by atoms with Crippen LogP contribution in [0.1, 0.15) is 111 Å². The Bertz CT molecular complexity index is 552. The number of rotatable bonds is 18. The summed E-state index contributed by atoms with van der Waals surface area (Å²) in [5, 5.41) is 3.26. The zero-order chi connectivity index (χ0) is 19.6. The van der Waals surface area contributed by atoms with Gasteiger partial charge in [-0.3, -0.25) is 0 Å². The van der Waals surface area contributed by atoms with Crippen molar-refractivity contribution in [3.63, 3.8) is 0 Å². The van der Waals surface area contributed by atoms with Crippen molar-refractivity contribution in [3.8, 4) is 0 Å². The number of aromatic nitrogens is 3. The van der Waals surface area contributed by atoms with E-state index in [0.29, 0.717) is 15.5 Å². The molecule has 28 heavy (non-hydrogen) atoms. The Balaban J connectivity index is 0. The van der Waals surface area contributed by atoms with Crippen molar-refractivity contribution in [3.05, 3.63) is 9.54 Å². The molecule has 7 heteroatoms. The molecular weight excluding hydrogens is 411 g/mol. The van der Waals surface area contributed by atoms with Gasteiger partial charge in [0.2, 0.25) is 10.7 Å². The Morgan fingerprint density at radius 2 is 1.14 bits per heavy atom. The summed E-state index contributed by atoms with van der Waals surface area (Å²) >= 11 is 10.1. The van der Waals surface area contributed by atoms with Gasteiger partial charge in [0.1, 0.15) is 0 Å². The number of H-pyrrole nitrogens is 2. The predicted molar refractivity (Wildman–Crippen MR) is 124 cm³/mol. The van der Waals surface area contributed by atoms with E-state index in [9.17, 15) is 0 Å². The van der Waals surface area contributed by atoms with E-state index in [1.54, 1.807) is 0 Å². The van der Waals surface area contributed by atoms with Gasteiger partial charge in [0.05, 0.1) is 0 Å². The molecule has 4 nitrogen and oxygen atoms in total. The summed E-state index contributed by atoms with van der Waals surface area (Å²) in [5.74, 6) is 0.671. The van der Waals surface area contributed by atoms with E-state index in [1.807, 2.05) is 0 Å². The van der Waals surface area contributed by atoms with E-state index in [1.165, 1.54) is 96.3 Å². The number of unbranched alkanes of at least 4 members (excludes halogenated alkanes) is 15. The first-order valence-electron chi connectivity index (χ1n) is 11.2. The number of hydrogen-bond donors (Lipinski definition) is 3. The summed E-state index contributed by atoms with van der Waals surface area (Å²) in [6, 6.07) is 0. The quantitative estimate of drug-likeness (QED) is 0.167. The fraction of sp³-hybridized carbons (Fsp3) is 0.857. The molecule has 1 aromatic heterocycles. The first kappa shape index (κ1) is 28.9. The molecule has 1 rings (SSSR count). The second kappa shape index (κ2) is 21.1. The second-order valence-electron chi connectivity index (χ2n) is 7.57. The molecule has 0 aromatic carbocycles. The van der Waals surface area contributed by atoms with Crippen molar-refractivity contribution in [2.75, 3.05) is 11.9 Å². The molecule has 0 radical (unpaired) electrons. The number of aromatic amines is 2. The SMILES string of the molecule is CCCCCCCCCCCCCCCCCCNc1nc(=S)[nH]c(=S)[nH]1.[H-].[K+]. The normalized spacial score (nSPS) is 10.6. The van der Waals surface area contributed by atoms with E-state index in [-0.39, 0.29) is 52.8 Å². The van der Waals surface area contributed by atoms with Crippen LogP contribution in [0.25, 0.3) is 0 Å². The average molecular weight is 453 g/mol. The molecule has 0 amide bonds. The Kier molecular flexibility index (Phi) is 21.8. The van der Waals surface area contributed by atoms with Crippen LogP contribution in [0, 0.1) is 9.54 Å². The number of nitrogens with one attached hydrogen (secondary N) is 3. The fourth-order valence-electron chi connectivity index (χ4n) is 3.36. The molecule has 0 atom stereocenters. The molecule has 1 aromatic rings. The molecule has 158 valence electrons. The minimum atomic E-state index is 0. The Morgan fingerprint density at radius 3 is 1.57 bits per heavy atom. The zero-order valence-electron chi connectivity index (χ0n) is 19.3. The van der Waals surface area contributed by atoms with Crippen LogP contribution in [-0.2, 0) is 0 Å². The first-order chi connectivity index (χ1) is 13.2. The molecule has 0 aliphatic heterocycles. The van der Waals surface area contributed by atoms with Crippen molar-refractivity contribution in [1.82, 2.24) is 15.0 Å². The van der Waals surface area contributed by atoms with Gasteiger partial charge in [-0.2, -0.15) is 4.98 Å². The molecule has 0 saturated heterocycles. The minimum Gasteiger partial charge on any atom is -1.00 e. The van der Waals surface area contributed by atoms with E-state index >= 15 is 0 Å². The molecule has 0 bridgehead atoms. The summed E-state index contributed by atoms with van der Waals surface area (Å²) < 4.78 is 0.942. The Hall–Kier alpha value is 0.886. The average Bonchev–Trinajstić information content (AvgIpc) is 2.63. The van der Waals surface area contributed by atoms with Gasteiger partial charge in [-0.25, -0.2) is 0 Å². The van der Waals surface area contributed by atoms with Crippen LogP contribution in [-0.4, -0.2) is 21.5 Å². The largest absolute Gasteiger partial charge is 1.00 e. The van der Waals surface area contributed by atoms with E-state index in [4.69, 9.17) is 24.4 Å². The van der Waals surface area contributed by atoms with Gasteiger partial charge in [-0.05, 0) is 30.9 Å². The van der Waals surface area contributed by atoms with Crippen LogP contribution in [0.5, 0.6) is 0 Å². The van der Waals surface area contributed by atoms with Gasteiger partial charge in [0.15, 0.2) is 4.77 Å². The van der Waals surface area contributed by atoms with Crippen molar-refractivity contribution in [2.24, 2.45) is 0 Å². The van der Waals surface area contributed by atoms with Crippen molar-refractivity contribution in [1.29, 1.82) is 0 Å². The third-order valence-electron chi connectivity index (χ3n) is 4.99. The smallest absolute Gasteiger partial charge is 1.00 e. The van der Waals surface area contributed by atoms with Gasteiger partial charge >= 0.3 is 51.4 Å². The summed E-state index contributed by atoms with van der Waals surface area (Å²) in [6.45, 7) is 3.20. The third kappa shape index (κ3) is 17.7. The number of nitrogens with zero attached hydrogens (tertiary/aromatic N) is 1. The maximum Gasteiger partial charge on any atom is 1.00 e. The predicted octanol–water partition coefficient (Wildman–Crippen LogP) is 4.99. The van der Waals surface area contributed by atoms with Crippen LogP contribution < -0.4 is 56.7 Å². The Morgan fingerprint density at radius 1 is 0.714 bits per heavy atom. The molecule has 3 N–H and O–H groups in total. The van der Waals surface area contributed by atoms with Gasteiger partial charge in [0.25, 0.3) is 0 Å². The fourth-order valence-corrected chi connectivity index (χ4v) is 3.81. The zero-order valence-corrected chi connectivity index (χ0v) is 23.0. The van der Waals surface area contributed by atoms with E-state index < -0.39 is 0 Å². The van der Waals surface area contributed by atoms with Gasteiger partial charge in [-0.1, -0.05) is 103 Å². The molecule has 0 unspecified atom stereocenters. The molecule has 0 fully saturated rings. The summed E-state index contributed by atoms with van der Waals surface area (Å²) in [5.41, 5.74) is 0. The van der Waals surface area contributed by atoms with Crippen LogP contribution >= 0.6 is 24.4 Å². The van der Waals surface area contributed by atoms with Crippen molar-refractivity contribution in [2.45, 2.75) is 110 Å². The maximum atomic E-state index is 5.05. The molecule has 0 aliphatic carbocycles. The van der Waals surface area contributed by atoms with Gasteiger partial charge in [-0.15, -0.1) is 0 Å². The number of anilines is 1. The second-order valence-corrected chi connectivity index (χ2v) is 8.37. The topological polar surface area (TPSA) is 56.5 Å². The van der Waals surface area contributed by atoms with E-state index in [2.05, 4.69) is 27.2 Å². The van der Waals surface area contributed by atoms with E-state index in [0.717, 1.165) is 13.0 Å². The third-order valence-corrected chi connectivity index (χ3v) is 5.39. The molecule has 0 saturated carbocycles. The monoisotopic (exact) mass is 452 g/mol. The first-order valence-corrected chi connectivity index (χ1v) is 12.0.